The van der Waals surface area contributed by atoms with Gasteiger partial charge in [0, 0.05) is 78.5 Å². The number of carbonyl (C=O) groups excluding carboxylic acids is 3. The predicted octanol–water partition coefficient (Wildman–Crippen LogP) is 3.30. The summed E-state index contributed by atoms with van der Waals surface area (Å²) in [5.41, 5.74) is 8.94. The molecule has 4 aromatic carbocycles. The molecule has 12 aliphatic rings. The van der Waals surface area contributed by atoms with Gasteiger partial charge in [0.05, 0.1) is 0 Å². The summed E-state index contributed by atoms with van der Waals surface area (Å²) < 4.78 is 17.6. The van der Waals surface area contributed by atoms with Crippen LogP contribution in [0.3, 0.4) is 0 Å². The summed E-state index contributed by atoms with van der Waals surface area (Å²) >= 11 is 0. The van der Waals surface area contributed by atoms with E-state index >= 15 is 0 Å². The summed E-state index contributed by atoms with van der Waals surface area (Å²) in [5.74, 6) is 1.05. The Balaban J connectivity index is 1.28. The van der Waals surface area contributed by atoms with Gasteiger partial charge in [-0.1, -0.05) is 36.4 Å². The van der Waals surface area contributed by atoms with Crippen LogP contribution in [-0.2, 0) is 53.7 Å². The lowest BCUT2D eigenvalue weighted by Crippen LogP contribution is -2.40. The molecule has 0 aromatic heterocycles. The predicted molar refractivity (Wildman–Crippen MR) is 224 cm³/mol. The first-order chi connectivity index (χ1) is 28.2. The average molecular weight is 792 g/mol. The largest absolute Gasteiger partial charge is 0.484 e. The summed E-state index contributed by atoms with van der Waals surface area (Å²) in [5, 5.41) is 19.8. The highest BCUT2D eigenvalue weighted by Gasteiger charge is 2.20. The van der Waals surface area contributed by atoms with Gasteiger partial charge in [0.1, 0.15) is 17.2 Å². The molecule has 12 aliphatic heterocycles. The monoisotopic (exact) mass is 791 g/mol. The van der Waals surface area contributed by atoms with Crippen molar-refractivity contribution in [1.82, 2.24) is 36.8 Å². The average Bonchev–Trinajstić information content (AvgIpc) is 3.23. The number of rotatable bonds is 0. The second kappa shape index (κ2) is 21.3. The summed E-state index contributed by atoms with van der Waals surface area (Å²) in [6, 6.07) is 23.4. The van der Waals surface area contributed by atoms with Crippen LogP contribution in [-0.4, -0.2) is 81.7 Å². The number of ether oxygens (including phenoxy) is 3. The zero-order chi connectivity index (χ0) is 40.7. The third-order valence-electron chi connectivity index (χ3n) is 10.8. The Morgan fingerprint density at radius 2 is 0.690 bits per heavy atom. The smallest absolute Gasteiger partial charge is 0.258 e. The maximum Gasteiger partial charge on any atom is 0.258 e. The number of amides is 3. The second-order valence-electron chi connectivity index (χ2n) is 14.8. The third-order valence-corrected chi connectivity index (χ3v) is 10.8. The molecule has 0 aliphatic carbocycles. The fourth-order valence-corrected chi connectivity index (χ4v) is 7.20. The first-order valence-corrected chi connectivity index (χ1v) is 20.1. The Bertz CT molecular complexity index is 1740. The number of hydrogen-bond acceptors (Lipinski definition) is 10. The zero-order valence-corrected chi connectivity index (χ0v) is 33.9. The molecule has 0 radical (unpaired) electrons. The molecule has 12 heterocycles. The van der Waals surface area contributed by atoms with E-state index < -0.39 is 0 Å². The van der Waals surface area contributed by atoms with Crippen molar-refractivity contribution < 1.29 is 28.6 Å². The highest BCUT2D eigenvalue weighted by atomic mass is 16.5. The minimum atomic E-state index is -0.264. The summed E-state index contributed by atoms with van der Waals surface area (Å²) in [7, 11) is 0. The molecule has 0 fully saturated rings. The van der Waals surface area contributed by atoms with Crippen LogP contribution in [0.4, 0.5) is 0 Å². The molecule has 13 nitrogen and oxygen atoms in total. The third kappa shape index (κ3) is 12.5. The maximum absolute atomic E-state index is 13.1. The Morgan fingerprint density at radius 1 is 0.414 bits per heavy atom. The van der Waals surface area contributed by atoms with Gasteiger partial charge in [-0.25, -0.2) is 0 Å². The minimum absolute atomic E-state index is 0.140. The van der Waals surface area contributed by atoms with Crippen LogP contribution < -0.4 is 46.1 Å². The Kier molecular flexibility index (Phi) is 15.5. The van der Waals surface area contributed by atoms with Crippen molar-refractivity contribution in [2.75, 3.05) is 59.1 Å². The van der Waals surface area contributed by atoms with E-state index in [-0.39, 0.29) is 57.2 Å². The van der Waals surface area contributed by atoms with Gasteiger partial charge >= 0.3 is 0 Å². The Morgan fingerprint density at radius 3 is 0.966 bits per heavy atom. The summed E-state index contributed by atoms with van der Waals surface area (Å²) in [6.07, 6.45) is 0. The molecule has 3 amide bonds. The van der Waals surface area contributed by atoms with Gasteiger partial charge in [-0.2, -0.15) is 0 Å². The molecular formula is C45H57N7O6. The number of nitrogens with zero attached hydrogens (tertiary/aromatic N) is 1. The lowest BCUT2D eigenvalue weighted by atomic mass is 9.87. The van der Waals surface area contributed by atoms with E-state index in [4.69, 9.17) is 14.2 Å². The van der Waals surface area contributed by atoms with Gasteiger partial charge in [0.2, 0.25) is 0 Å². The van der Waals surface area contributed by atoms with Gasteiger partial charge in [0.25, 0.3) is 17.7 Å². The van der Waals surface area contributed by atoms with Crippen molar-refractivity contribution in [3.05, 3.63) is 123 Å². The van der Waals surface area contributed by atoms with Crippen molar-refractivity contribution in [3.63, 3.8) is 0 Å². The van der Waals surface area contributed by atoms with E-state index in [9.17, 15) is 14.4 Å². The van der Waals surface area contributed by atoms with Crippen LogP contribution in [0.2, 0.25) is 0 Å². The fourth-order valence-electron chi connectivity index (χ4n) is 7.20. The Labute approximate surface area is 341 Å². The summed E-state index contributed by atoms with van der Waals surface area (Å²) in [4.78, 5) is 41.7. The van der Waals surface area contributed by atoms with Crippen LogP contribution in [0.15, 0.2) is 72.8 Å². The Hall–Kier alpha value is -5.47. The van der Waals surface area contributed by atoms with Crippen LogP contribution in [0.25, 0.3) is 0 Å². The van der Waals surface area contributed by atoms with Crippen LogP contribution >= 0.6 is 0 Å². The van der Waals surface area contributed by atoms with E-state index in [1.165, 1.54) is 0 Å². The molecule has 58 heavy (non-hydrogen) atoms. The van der Waals surface area contributed by atoms with E-state index in [1.54, 1.807) is 0 Å². The first-order valence-electron chi connectivity index (χ1n) is 20.1. The molecule has 0 saturated carbocycles. The van der Waals surface area contributed by atoms with Gasteiger partial charge in [-0.05, 0) is 107 Å². The van der Waals surface area contributed by atoms with Crippen molar-refractivity contribution in [2.24, 2.45) is 0 Å². The molecule has 0 saturated heterocycles. The molecule has 4 aromatic rings. The van der Waals surface area contributed by atoms with Gasteiger partial charge < -0.3 is 46.1 Å². The van der Waals surface area contributed by atoms with Gasteiger partial charge in [0.15, 0.2) is 19.8 Å². The molecule has 0 atom stereocenters. The highest BCUT2D eigenvalue weighted by molar-refractivity contribution is 5.79. The van der Waals surface area contributed by atoms with Crippen molar-refractivity contribution in [3.8, 4) is 17.2 Å². The van der Waals surface area contributed by atoms with Crippen LogP contribution in [0.1, 0.15) is 50.1 Å². The molecular weight excluding hydrogens is 735 g/mol. The van der Waals surface area contributed by atoms with Gasteiger partial charge in [-0.3, -0.25) is 19.3 Å². The lowest BCUT2D eigenvalue weighted by molar-refractivity contribution is -0.124. The van der Waals surface area contributed by atoms with E-state index in [0.29, 0.717) is 17.2 Å². The van der Waals surface area contributed by atoms with Crippen LogP contribution in [0.5, 0.6) is 17.2 Å². The quantitative estimate of drug-likeness (QED) is 0.157. The van der Waals surface area contributed by atoms with E-state index in [2.05, 4.69) is 36.8 Å². The topological polar surface area (TPSA) is 154 Å². The highest BCUT2D eigenvalue weighted by Crippen LogP contribution is 2.28. The van der Waals surface area contributed by atoms with E-state index in [0.717, 1.165) is 109 Å². The fraction of sp³-hybridized carbons (Fsp3) is 0.400. The molecule has 10 bridgehead atoms. The van der Waals surface area contributed by atoms with Crippen LogP contribution in [0, 0.1) is 20.8 Å². The van der Waals surface area contributed by atoms with Crippen molar-refractivity contribution in [1.29, 1.82) is 0 Å². The first kappa shape index (κ1) is 42.1. The number of hydrogen-bond donors (Lipinski definition) is 6. The molecule has 0 spiro atoms. The van der Waals surface area contributed by atoms with Crippen molar-refractivity contribution in [2.45, 2.75) is 60.0 Å². The zero-order valence-electron chi connectivity index (χ0n) is 33.9. The molecule has 6 N–H and O–H groups in total. The number of carbonyl (C=O) groups is 3. The SMILES string of the molecule is Cc1c2c(C)c3c(C)c1CNC(=O)COc1ccc(cc1)CNCCN(CCNCc1ccc(cc1)OCC(=O)NC2)CCNCc1ccc(cc1)OCC(=O)NC3. The summed E-state index contributed by atoms with van der Waals surface area (Å²) in [6.45, 7) is 13.5. The minimum Gasteiger partial charge on any atom is -0.484 e. The molecule has 0 unspecified atom stereocenters. The number of nitrogens with one attached hydrogen (secondary N) is 6. The second-order valence-corrected chi connectivity index (χ2v) is 14.8. The normalized spacial score (nSPS) is 17.5. The molecule has 16 rings (SSSR count). The van der Waals surface area contributed by atoms with Gasteiger partial charge in [-0.15, -0.1) is 0 Å². The van der Waals surface area contributed by atoms with E-state index in [1.807, 2.05) is 93.6 Å². The van der Waals surface area contributed by atoms with Crippen molar-refractivity contribution >= 4 is 17.7 Å². The number of benzene rings is 4. The lowest BCUT2D eigenvalue weighted by Gasteiger charge is -2.23. The maximum atomic E-state index is 13.1. The standard InChI is InChI=1S/C45H57N7O6/c1-31-40-25-49-43(53)28-56-37-10-4-34(5-11-37)22-46-16-19-52-20-17-47-23-35-6-12-38(13-7-35)57-29-44(54)50-26-41(31)33(3)42(32(40)2)27-51-45(55)30-58-39-14-8-36(9-15-39)24-48-18-21-52/h4-15,46-48H,16-30H2,1-3H3,(H,49,53)(H,50,54)(H,51,55). The molecule has 13 heteroatoms. The molecule has 308 valence electrons.